The molecule has 0 bridgehead atoms. The van der Waals surface area contributed by atoms with Gasteiger partial charge in [0.15, 0.2) is 5.65 Å². The molecule has 1 unspecified atom stereocenters. The Morgan fingerprint density at radius 1 is 1.35 bits per heavy atom. The number of nitrogens with zero attached hydrogens (tertiary/aromatic N) is 3. The molecule has 1 N–H and O–H groups in total. The number of aryl methyl sites for hydroxylation is 1. The number of hydrogen-bond donors (Lipinski definition) is 1. The number of hydrogen-bond acceptors (Lipinski definition) is 4. The lowest BCUT2D eigenvalue weighted by molar-refractivity contribution is 0.0787. The highest BCUT2D eigenvalue weighted by molar-refractivity contribution is 5.97. The fourth-order valence-electron chi connectivity index (χ4n) is 3.60. The quantitative estimate of drug-likeness (QED) is 0.785. The molecular formula is C20H22N4O2. The van der Waals surface area contributed by atoms with E-state index < -0.39 is 0 Å². The van der Waals surface area contributed by atoms with Gasteiger partial charge in [0.05, 0.1) is 12.7 Å². The van der Waals surface area contributed by atoms with Crippen molar-refractivity contribution in [2.75, 3.05) is 20.2 Å². The number of methoxy groups -OCH3 is 1. The van der Waals surface area contributed by atoms with E-state index in [0.717, 1.165) is 42.8 Å². The van der Waals surface area contributed by atoms with Crippen molar-refractivity contribution in [1.82, 2.24) is 20.1 Å². The van der Waals surface area contributed by atoms with Crippen LogP contribution in [0.5, 0.6) is 5.75 Å². The molecule has 0 spiro atoms. The highest BCUT2D eigenvalue weighted by Crippen LogP contribution is 2.24. The number of H-pyrrole nitrogens is 1. The maximum Gasteiger partial charge on any atom is 0.255 e. The third-order valence-electron chi connectivity index (χ3n) is 5.10. The summed E-state index contributed by atoms with van der Waals surface area (Å²) in [5.41, 5.74) is 3.49. The van der Waals surface area contributed by atoms with E-state index in [2.05, 4.69) is 27.3 Å². The van der Waals surface area contributed by atoms with Crippen molar-refractivity contribution in [3.8, 4) is 5.75 Å². The van der Waals surface area contributed by atoms with Gasteiger partial charge in [0.2, 0.25) is 0 Å². The molecule has 134 valence electrons. The zero-order valence-corrected chi connectivity index (χ0v) is 15.0. The van der Waals surface area contributed by atoms with Gasteiger partial charge < -0.3 is 9.64 Å². The lowest BCUT2D eigenvalue weighted by Gasteiger charge is -2.16. The summed E-state index contributed by atoms with van der Waals surface area (Å²) >= 11 is 0. The molecule has 1 saturated heterocycles. The van der Waals surface area contributed by atoms with Gasteiger partial charge in [-0.15, -0.1) is 0 Å². The molecule has 2 aromatic heterocycles. The van der Waals surface area contributed by atoms with Crippen LogP contribution in [0.1, 0.15) is 28.0 Å². The number of nitrogens with one attached hydrogen (secondary N) is 1. The van der Waals surface area contributed by atoms with Crippen LogP contribution in [0.2, 0.25) is 0 Å². The van der Waals surface area contributed by atoms with Crippen molar-refractivity contribution < 1.29 is 9.53 Å². The summed E-state index contributed by atoms with van der Waals surface area (Å²) in [7, 11) is 1.67. The molecule has 1 aromatic carbocycles. The number of likely N-dealkylation sites (tertiary alicyclic amines) is 1. The first-order valence-electron chi connectivity index (χ1n) is 8.87. The number of fused-ring (bicyclic) bond motifs is 1. The molecule has 6 heteroatoms. The van der Waals surface area contributed by atoms with Crippen LogP contribution >= 0.6 is 0 Å². The van der Waals surface area contributed by atoms with E-state index in [9.17, 15) is 4.79 Å². The lowest BCUT2D eigenvalue weighted by atomic mass is 9.99. The van der Waals surface area contributed by atoms with Gasteiger partial charge in [-0.25, -0.2) is 4.98 Å². The number of rotatable bonds is 4. The molecule has 26 heavy (non-hydrogen) atoms. The summed E-state index contributed by atoms with van der Waals surface area (Å²) < 4.78 is 5.20. The van der Waals surface area contributed by atoms with E-state index in [4.69, 9.17) is 4.74 Å². The van der Waals surface area contributed by atoms with E-state index in [1.165, 1.54) is 5.56 Å². The normalized spacial score (nSPS) is 17.0. The van der Waals surface area contributed by atoms with Crippen molar-refractivity contribution in [2.45, 2.75) is 19.8 Å². The summed E-state index contributed by atoms with van der Waals surface area (Å²) in [5, 5.41) is 7.93. The Balaban J connectivity index is 1.43. The number of aromatic nitrogens is 3. The first-order chi connectivity index (χ1) is 12.6. The van der Waals surface area contributed by atoms with Crippen LogP contribution in [-0.4, -0.2) is 46.2 Å². The Hall–Kier alpha value is -2.89. The van der Waals surface area contributed by atoms with Gasteiger partial charge in [-0.3, -0.25) is 9.89 Å². The summed E-state index contributed by atoms with van der Waals surface area (Å²) in [5.74, 6) is 1.41. The Labute approximate surface area is 152 Å². The van der Waals surface area contributed by atoms with E-state index in [0.29, 0.717) is 17.1 Å². The second-order valence-electron chi connectivity index (χ2n) is 6.90. The number of ether oxygens (including phenoxy) is 1. The molecule has 0 aliphatic carbocycles. The molecule has 1 aliphatic rings. The van der Waals surface area contributed by atoms with Crippen LogP contribution in [-0.2, 0) is 6.42 Å². The van der Waals surface area contributed by atoms with Crippen molar-refractivity contribution in [2.24, 2.45) is 5.92 Å². The molecule has 0 radical (unpaired) electrons. The zero-order chi connectivity index (χ0) is 18.1. The molecule has 1 fully saturated rings. The first kappa shape index (κ1) is 16.6. The summed E-state index contributed by atoms with van der Waals surface area (Å²) in [6.07, 6.45) is 3.63. The van der Waals surface area contributed by atoms with Crippen molar-refractivity contribution in [1.29, 1.82) is 0 Å². The second kappa shape index (κ2) is 6.78. The van der Waals surface area contributed by atoms with E-state index in [1.54, 1.807) is 13.3 Å². The number of benzene rings is 1. The predicted molar refractivity (Wildman–Crippen MR) is 99.3 cm³/mol. The molecule has 3 heterocycles. The number of pyridine rings is 1. The monoisotopic (exact) mass is 350 g/mol. The largest absolute Gasteiger partial charge is 0.497 e. The lowest BCUT2D eigenvalue weighted by Crippen LogP contribution is -2.29. The van der Waals surface area contributed by atoms with Gasteiger partial charge >= 0.3 is 0 Å². The van der Waals surface area contributed by atoms with Gasteiger partial charge in [0.25, 0.3) is 5.91 Å². The van der Waals surface area contributed by atoms with Crippen LogP contribution in [0.3, 0.4) is 0 Å². The highest BCUT2D eigenvalue weighted by Gasteiger charge is 2.27. The van der Waals surface area contributed by atoms with Gasteiger partial charge in [-0.2, -0.15) is 5.10 Å². The van der Waals surface area contributed by atoms with Crippen LogP contribution < -0.4 is 4.74 Å². The summed E-state index contributed by atoms with van der Waals surface area (Å²) in [6.45, 7) is 3.52. The molecule has 1 atom stereocenters. The SMILES string of the molecule is COc1ccc(CC2CCN(C(=O)c3cnc4n[nH]c(C)c4c3)C2)cc1. The Morgan fingerprint density at radius 2 is 2.15 bits per heavy atom. The number of carbonyl (C=O) groups excluding carboxylic acids is 1. The number of aromatic amines is 1. The maximum atomic E-state index is 12.8. The smallest absolute Gasteiger partial charge is 0.255 e. The molecule has 6 nitrogen and oxygen atoms in total. The standard InChI is InChI=1S/C20H22N4O2/c1-13-18-10-16(11-21-19(18)23-22-13)20(25)24-8-7-15(12-24)9-14-3-5-17(26-2)6-4-14/h3-6,10-11,15H,7-9,12H2,1-2H3,(H,21,22,23). The summed E-state index contributed by atoms with van der Waals surface area (Å²) in [6, 6.07) is 10.1. The predicted octanol–water partition coefficient (Wildman–Crippen LogP) is 2.98. The minimum atomic E-state index is 0.0530. The van der Waals surface area contributed by atoms with Gasteiger partial charge in [0.1, 0.15) is 5.75 Å². The second-order valence-corrected chi connectivity index (χ2v) is 6.90. The Bertz CT molecular complexity index is 933. The highest BCUT2D eigenvalue weighted by atomic mass is 16.5. The van der Waals surface area contributed by atoms with E-state index in [-0.39, 0.29) is 5.91 Å². The fraction of sp³-hybridized carbons (Fsp3) is 0.350. The topological polar surface area (TPSA) is 71.1 Å². The van der Waals surface area contributed by atoms with Crippen molar-refractivity contribution in [3.63, 3.8) is 0 Å². The third-order valence-corrected chi connectivity index (χ3v) is 5.10. The number of amides is 1. The molecule has 0 saturated carbocycles. The number of carbonyl (C=O) groups is 1. The fourth-order valence-corrected chi connectivity index (χ4v) is 3.60. The maximum absolute atomic E-state index is 12.8. The van der Waals surface area contributed by atoms with Gasteiger partial charge in [0, 0.05) is 30.4 Å². The van der Waals surface area contributed by atoms with Gasteiger partial charge in [-0.05, 0) is 49.4 Å². The first-order valence-corrected chi connectivity index (χ1v) is 8.87. The average molecular weight is 350 g/mol. The molecule has 3 aromatic rings. The Morgan fingerprint density at radius 3 is 2.92 bits per heavy atom. The minimum absolute atomic E-state index is 0.0530. The molecule has 1 aliphatic heterocycles. The van der Waals surface area contributed by atoms with Crippen LogP contribution in [0.4, 0.5) is 0 Å². The van der Waals surface area contributed by atoms with Crippen LogP contribution in [0.15, 0.2) is 36.5 Å². The summed E-state index contributed by atoms with van der Waals surface area (Å²) in [4.78, 5) is 19.1. The molecule has 4 rings (SSSR count). The Kier molecular flexibility index (Phi) is 4.32. The molecular weight excluding hydrogens is 328 g/mol. The minimum Gasteiger partial charge on any atom is -0.497 e. The van der Waals surface area contributed by atoms with Crippen LogP contribution in [0.25, 0.3) is 11.0 Å². The average Bonchev–Trinajstić information content (AvgIpc) is 3.28. The van der Waals surface area contributed by atoms with Crippen LogP contribution in [0, 0.1) is 12.8 Å². The van der Waals surface area contributed by atoms with E-state index in [1.807, 2.05) is 30.0 Å². The van der Waals surface area contributed by atoms with Crippen molar-refractivity contribution in [3.05, 3.63) is 53.3 Å². The molecule has 1 amide bonds. The zero-order valence-electron chi connectivity index (χ0n) is 15.0. The van der Waals surface area contributed by atoms with Gasteiger partial charge in [-0.1, -0.05) is 12.1 Å². The van der Waals surface area contributed by atoms with Crippen molar-refractivity contribution >= 4 is 16.9 Å². The van der Waals surface area contributed by atoms with E-state index >= 15 is 0 Å². The third kappa shape index (κ3) is 3.14.